The number of halogens is 1. The van der Waals surface area contributed by atoms with Gasteiger partial charge in [-0.05, 0) is 56.2 Å². The van der Waals surface area contributed by atoms with E-state index in [1.54, 1.807) is 6.07 Å². The molecule has 0 bridgehead atoms. The number of pyridine rings is 1. The summed E-state index contributed by atoms with van der Waals surface area (Å²) in [6, 6.07) is 5.95. The zero-order valence-corrected chi connectivity index (χ0v) is 21.5. The zero-order valence-electron chi connectivity index (χ0n) is 20.7. The van der Waals surface area contributed by atoms with Crippen LogP contribution in [0.2, 0.25) is 5.02 Å². The van der Waals surface area contributed by atoms with Gasteiger partial charge < -0.3 is 25.3 Å². The molecule has 5 heterocycles. The maximum Gasteiger partial charge on any atom is 0.272 e. The van der Waals surface area contributed by atoms with Crippen molar-refractivity contribution in [1.82, 2.24) is 25.1 Å². The fourth-order valence-corrected chi connectivity index (χ4v) is 6.34. The Balaban J connectivity index is 1.14. The van der Waals surface area contributed by atoms with Crippen LogP contribution >= 0.6 is 11.6 Å². The van der Waals surface area contributed by atoms with Gasteiger partial charge in [0.1, 0.15) is 11.4 Å². The van der Waals surface area contributed by atoms with E-state index >= 15 is 0 Å². The molecule has 0 aromatic carbocycles. The third-order valence-corrected chi connectivity index (χ3v) is 8.59. The lowest BCUT2D eigenvalue weighted by Gasteiger charge is -2.31. The van der Waals surface area contributed by atoms with Crippen LogP contribution in [0.25, 0.3) is 11.0 Å². The number of carbonyl (C=O) groups excluding carboxylic acids is 1. The Morgan fingerprint density at radius 3 is 2.97 bits per heavy atom. The molecule has 6 rings (SSSR count). The molecule has 2 aliphatic heterocycles. The maximum atomic E-state index is 13.0. The minimum atomic E-state index is -0.262. The van der Waals surface area contributed by atoms with E-state index in [-0.39, 0.29) is 29.3 Å². The summed E-state index contributed by atoms with van der Waals surface area (Å²) >= 11 is 6.35. The Morgan fingerprint density at radius 2 is 2.19 bits per heavy atom. The number of nitrogens with zero attached hydrogens (tertiary/aromatic N) is 5. The minimum absolute atomic E-state index is 0.00911. The van der Waals surface area contributed by atoms with Gasteiger partial charge in [-0.25, -0.2) is 4.98 Å². The van der Waals surface area contributed by atoms with Crippen molar-refractivity contribution in [1.29, 1.82) is 0 Å². The largest absolute Gasteiger partial charge is 0.371 e. The van der Waals surface area contributed by atoms with Crippen LogP contribution in [-0.4, -0.2) is 63.0 Å². The lowest BCUT2D eigenvalue weighted by Crippen LogP contribution is -2.50. The Labute approximate surface area is 215 Å². The lowest BCUT2D eigenvalue weighted by atomic mass is 9.85. The first-order valence-corrected chi connectivity index (χ1v) is 13.2. The van der Waals surface area contributed by atoms with E-state index in [9.17, 15) is 4.79 Å². The number of hydrogen-bond donors (Lipinski definition) is 2. The van der Waals surface area contributed by atoms with Gasteiger partial charge in [-0.15, -0.1) is 10.2 Å². The van der Waals surface area contributed by atoms with Crippen molar-refractivity contribution in [3.05, 3.63) is 46.4 Å². The van der Waals surface area contributed by atoms with Crippen molar-refractivity contribution in [2.45, 2.75) is 63.8 Å². The highest BCUT2D eigenvalue weighted by Gasteiger charge is 2.52. The van der Waals surface area contributed by atoms with Crippen molar-refractivity contribution in [3.63, 3.8) is 0 Å². The molecule has 1 spiro atoms. The molecule has 190 valence electrons. The second-order valence-corrected chi connectivity index (χ2v) is 10.8. The van der Waals surface area contributed by atoms with Gasteiger partial charge in [0.15, 0.2) is 11.3 Å². The Kier molecular flexibility index (Phi) is 5.89. The standard InChI is InChI=1S/C26H32ClN7O2/c1-3-33-12-19(27)18-11-21(31-32-24(18)33)25(35)29-17-5-6-20-16(10-17)4-7-23(30-20)34-13-22(28)26(14-34)15(2)8-9-36-26/h4,7,11-12,15,17,22H,3,5-6,8-10,13-14,28H2,1-2H3,(H,29,35). The quantitative estimate of drug-likeness (QED) is 0.556. The normalized spacial score (nSPS) is 27.7. The molecule has 10 heteroatoms. The number of anilines is 1. The molecule has 36 heavy (non-hydrogen) atoms. The Morgan fingerprint density at radius 1 is 1.33 bits per heavy atom. The first-order chi connectivity index (χ1) is 17.4. The highest BCUT2D eigenvalue weighted by atomic mass is 35.5. The van der Waals surface area contributed by atoms with Crippen LogP contribution in [0.15, 0.2) is 24.4 Å². The summed E-state index contributed by atoms with van der Waals surface area (Å²) in [7, 11) is 0. The van der Waals surface area contributed by atoms with E-state index in [0.717, 1.165) is 68.8 Å². The fourth-order valence-electron chi connectivity index (χ4n) is 6.08. The number of rotatable bonds is 4. The monoisotopic (exact) mass is 509 g/mol. The number of aryl methyl sites for hydroxylation is 2. The van der Waals surface area contributed by atoms with Crippen LogP contribution in [0.1, 0.15) is 48.4 Å². The van der Waals surface area contributed by atoms with Gasteiger partial charge >= 0.3 is 0 Å². The third kappa shape index (κ3) is 3.84. The van der Waals surface area contributed by atoms with Gasteiger partial charge in [-0.3, -0.25) is 4.79 Å². The number of nitrogens with one attached hydrogen (secondary N) is 1. The topological polar surface area (TPSA) is 111 Å². The SMILES string of the molecule is CCn1cc(Cl)c2cc(C(=O)NC3CCc4nc(N5CC(N)C6(C5)OCCC6C)ccc4C3)nnc21. The smallest absolute Gasteiger partial charge is 0.272 e. The fraction of sp³-hybridized carbons (Fsp3) is 0.538. The summed E-state index contributed by atoms with van der Waals surface area (Å²) in [5.74, 6) is 1.18. The number of ether oxygens (including phenoxy) is 1. The van der Waals surface area contributed by atoms with Gasteiger partial charge in [0.25, 0.3) is 5.91 Å². The Bertz CT molecular complexity index is 1330. The number of amides is 1. The summed E-state index contributed by atoms with van der Waals surface area (Å²) in [6.45, 7) is 7.31. The number of aromatic nitrogens is 4. The summed E-state index contributed by atoms with van der Waals surface area (Å²) in [6.07, 6.45) is 5.24. The summed E-state index contributed by atoms with van der Waals surface area (Å²) in [4.78, 5) is 20.2. The average Bonchev–Trinajstić information content (AvgIpc) is 3.53. The van der Waals surface area contributed by atoms with Crippen molar-refractivity contribution < 1.29 is 9.53 Å². The van der Waals surface area contributed by atoms with Crippen LogP contribution in [0.4, 0.5) is 5.82 Å². The molecule has 3 aromatic rings. The molecule has 4 unspecified atom stereocenters. The van der Waals surface area contributed by atoms with Crippen molar-refractivity contribution in [2.24, 2.45) is 11.7 Å². The summed E-state index contributed by atoms with van der Waals surface area (Å²) < 4.78 is 8.08. The maximum absolute atomic E-state index is 13.0. The highest BCUT2D eigenvalue weighted by Crippen LogP contribution is 2.40. The summed E-state index contributed by atoms with van der Waals surface area (Å²) in [5.41, 5.74) is 9.51. The van der Waals surface area contributed by atoms with Gasteiger partial charge in [0.05, 0.1) is 17.6 Å². The predicted octanol–water partition coefficient (Wildman–Crippen LogP) is 2.73. The van der Waals surface area contributed by atoms with E-state index < -0.39 is 0 Å². The summed E-state index contributed by atoms with van der Waals surface area (Å²) in [5, 5.41) is 12.8. The van der Waals surface area contributed by atoms with E-state index in [1.807, 2.05) is 17.7 Å². The van der Waals surface area contributed by atoms with Crippen LogP contribution < -0.4 is 16.0 Å². The van der Waals surface area contributed by atoms with Gasteiger partial charge in [-0.1, -0.05) is 24.6 Å². The molecule has 1 amide bonds. The minimum Gasteiger partial charge on any atom is -0.371 e. The van der Waals surface area contributed by atoms with Crippen molar-refractivity contribution in [2.75, 3.05) is 24.6 Å². The first kappa shape index (κ1) is 23.6. The van der Waals surface area contributed by atoms with Gasteiger partial charge in [0.2, 0.25) is 0 Å². The van der Waals surface area contributed by atoms with E-state index in [1.165, 1.54) is 5.56 Å². The van der Waals surface area contributed by atoms with Gasteiger partial charge in [-0.2, -0.15) is 0 Å². The second-order valence-electron chi connectivity index (χ2n) is 10.4. The van der Waals surface area contributed by atoms with Crippen LogP contribution in [-0.2, 0) is 24.1 Å². The van der Waals surface area contributed by atoms with E-state index in [4.69, 9.17) is 27.1 Å². The molecule has 0 radical (unpaired) electrons. The molecule has 3 aliphatic rings. The molecule has 3 aromatic heterocycles. The predicted molar refractivity (Wildman–Crippen MR) is 138 cm³/mol. The lowest BCUT2D eigenvalue weighted by molar-refractivity contribution is -0.0109. The van der Waals surface area contributed by atoms with Crippen LogP contribution in [0.3, 0.4) is 0 Å². The van der Waals surface area contributed by atoms with Crippen molar-refractivity contribution >= 4 is 34.4 Å². The molecule has 3 N–H and O–H groups in total. The molecular formula is C26H32ClN7O2. The molecule has 0 saturated carbocycles. The molecule has 2 fully saturated rings. The number of fused-ring (bicyclic) bond motifs is 2. The third-order valence-electron chi connectivity index (χ3n) is 8.29. The average molecular weight is 510 g/mol. The van der Waals surface area contributed by atoms with Crippen LogP contribution in [0.5, 0.6) is 0 Å². The molecular weight excluding hydrogens is 478 g/mol. The first-order valence-electron chi connectivity index (χ1n) is 12.8. The molecule has 2 saturated heterocycles. The van der Waals surface area contributed by atoms with Crippen LogP contribution in [0, 0.1) is 5.92 Å². The number of hydrogen-bond acceptors (Lipinski definition) is 7. The second kappa shape index (κ2) is 8.97. The molecule has 4 atom stereocenters. The van der Waals surface area contributed by atoms with Crippen molar-refractivity contribution in [3.8, 4) is 0 Å². The van der Waals surface area contributed by atoms with E-state index in [2.05, 4.69) is 39.5 Å². The molecule has 1 aliphatic carbocycles. The van der Waals surface area contributed by atoms with E-state index in [0.29, 0.717) is 16.6 Å². The zero-order chi connectivity index (χ0) is 25.0. The molecule has 9 nitrogen and oxygen atoms in total. The number of carbonyl (C=O) groups is 1. The highest BCUT2D eigenvalue weighted by molar-refractivity contribution is 6.35. The van der Waals surface area contributed by atoms with Gasteiger partial charge in [0, 0.05) is 43.0 Å². The number of nitrogens with two attached hydrogens (primary N) is 1. The Hall–Kier alpha value is -2.75.